The SMILES string of the molecule is [2H]CN[C@@H](Cc1ccccc1)C(=O)NC(=O)[C@@H]1CCCN1. The van der Waals surface area contributed by atoms with Gasteiger partial charge in [-0.15, -0.1) is 0 Å². The van der Waals surface area contributed by atoms with Gasteiger partial charge in [-0.1, -0.05) is 30.3 Å². The van der Waals surface area contributed by atoms with E-state index in [1.807, 2.05) is 30.3 Å². The Hall–Kier alpha value is -1.72. The number of hydrogen-bond acceptors (Lipinski definition) is 4. The Kier molecular flexibility index (Phi) is 4.76. The molecule has 0 aromatic heterocycles. The molecule has 1 saturated heterocycles. The van der Waals surface area contributed by atoms with Crippen LogP contribution in [-0.4, -0.2) is 37.5 Å². The molecule has 3 N–H and O–H groups in total. The van der Waals surface area contributed by atoms with E-state index in [-0.39, 0.29) is 24.9 Å². The van der Waals surface area contributed by atoms with Crippen molar-refractivity contribution < 1.29 is 11.0 Å². The predicted octanol–water partition coefficient (Wildman–Crippen LogP) is 0.212. The first-order valence-corrected chi connectivity index (χ1v) is 6.85. The van der Waals surface area contributed by atoms with Gasteiger partial charge in [-0.2, -0.15) is 0 Å². The zero-order valence-corrected chi connectivity index (χ0v) is 11.4. The van der Waals surface area contributed by atoms with E-state index >= 15 is 0 Å². The highest BCUT2D eigenvalue weighted by Crippen LogP contribution is 2.06. The van der Waals surface area contributed by atoms with Gasteiger partial charge in [0.15, 0.2) is 0 Å². The zero-order chi connectivity index (χ0) is 15.1. The molecule has 5 nitrogen and oxygen atoms in total. The lowest BCUT2D eigenvalue weighted by Gasteiger charge is -2.17. The standard InChI is InChI=1S/C15H21N3O2/c1-16-13(10-11-6-3-2-4-7-11)15(20)18-14(19)12-8-5-9-17-12/h2-4,6-7,12-13,16-17H,5,8-10H2,1H3,(H,18,19,20)/t12-,13-/m0/s1/i1D. The van der Waals surface area contributed by atoms with Crippen LogP contribution < -0.4 is 16.0 Å². The van der Waals surface area contributed by atoms with Crippen molar-refractivity contribution in [2.24, 2.45) is 0 Å². The summed E-state index contributed by atoms with van der Waals surface area (Å²) in [5, 5.41) is 8.31. The molecule has 20 heavy (non-hydrogen) atoms. The highest BCUT2D eigenvalue weighted by molar-refractivity contribution is 6.00. The van der Waals surface area contributed by atoms with Gasteiger partial charge in [-0.05, 0) is 38.4 Å². The summed E-state index contributed by atoms with van der Waals surface area (Å²) in [6, 6.07) is 8.71. The van der Waals surface area contributed by atoms with Crippen LogP contribution in [0.5, 0.6) is 0 Å². The van der Waals surface area contributed by atoms with E-state index in [9.17, 15) is 9.59 Å². The third-order valence-corrected chi connectivity index (χ3v) is 3.47. The molecule has 0 saturated carbocycles. The number of carbonyl (C=O) groups is 2. The average Bonchev–Trinajstić information content (AvgIpc) is 3.02. The van der Waals surface area contributed by atoms with Crippen molar-refractivity contribution in [3.05, 3.63) is 35.9 Å². The third kappa shape index (κ3) is 3.88. The second-order valence-corrected chi connectivity index (χ2v) is 4.95. The van der Waals surface area contributed by atoms with E-state index in [2.05, 4.69) is 16.0 Å². The quantitative estimate of drug-likeness (QED) is 0.719. The van der Waals surface area contributed by atoms with Crippen LogP contribution in [0.25, 0.3) is 0 Å². The molecule has 2 atom stereocenters. The third-order valence-electron chi connectivity index (χ3n) is 3.47. The second-order valence-electron chi connectivity index (χ2n) is 4.95. The first kappa shape index (κ1) is 13.3. The summed E-state index contributed by atoms with van der Waals surface area (Å²) >= 11 is 0. The minimum absolute atomic E-state index is 0.0687. The molecule has 1 fully saturated rings. The highest BCUT2D eigenvalue weighted by atomic mass is 16.2. The van der Waals surface area contributed by atoms with E-state index in [0.717, 1.165) is 24.9 Å². The first-order chi connectivity index (χ1) is 10.2. The van der Waals surface area contributed by atoms with Gasteiger partial charge >= 0.3 is 0 Å². The molecule has 0 radical (unpaired) electrons. The lowest BCUT2D eigenvalue weighted by Crippen LogP contribution is -2.50. The molecular weight excluding hydrogens is 254 g/mol. The summed E-state index contributed by atoms with van der Waals surface area (Å²) in [5.74, 6) is -0.646. The Morgan fingerprint density at radius 3 is 2.90 bits per heavy atom. The van der Waals surface area contributed by atoms with Crippen LogP contribution in [0.15, 0.2) is 30.3 Å². The van der Waals surface area contributed by atoms with E-state index in [4.69, 9.17) is 1.37 Å². The molecule has 1 aromatic rings. The molecule has 0 bridgehead atoms. The van der Waals surface area contributed by atoms with Crippen LogP contribution in [-0.2, 0) is 16.0 Å². The number of imide groups is 1. The summed E-state index contributed by atoms with van der Waals surface area (Å²) in [7, 11) is -0.0687. The van der Waals surface area contributed by atoms with Crippen LogP contribution in [0, 0.1) is 0 Å². The van der Waals surface area contributed by atoms with Gasteiger partial charge < -0.3 is 10.6 Å². The maximum Gasteiger partial charge on any atom is 0.244 e. The van der Waals surface area contributed by atoms with Crippen molar-refractivity contribution in [3.63, 3.8) is 0 Å². The molecule has 2 amide bonds. The molecule has 0 aliphatic carbocycles. The van der Waals surface area contributed by atoms with Crippen molar-refractivity contribution >= 4 is 11.8 Å². The highest BCUT2D eigenvalue weighted by Gasteiger charge is 2.26. The Bertz CT molecular complexity index is 475. The number of nitrogens with one attached hydrogen (secondary N) is 3. The molecule has 1 aliphatic rings. The van der Waals surface area contributed by atoms with Gasteiger partial charge in [0, 0.05) is 1.37 Å². The molecule has 2 rings (SSSR count). The van der Waals surface area contributed by atoms with Crippen LogP contribution in [0.1, 0.15) is 19.8 Å². The fraction of sp³-hybridized carbons (Fsp3) is 0.467. The molecule has 0 spiro atoms. The number of benzene rings is 1. The normalized spacial score (nSPS) is 20.2. The molecule has 1 aromatic carbocycles. The summed E-state index contributed by atoms with van der Waals surface area (Å²) in [5.41, 5.74) is 0.991. The van der Waals surface area contributed by atoms with Crippen LogP contribution in [0.2, 0.25) is 0 Å². The van der Waals surface area contributed by atoms with Crippen LogP contribution in [0.3, 0.4) is 0 Å². The Labute approximate surface area is 120 Å². The van der Waals surface area contributed by atoms with Crippen molar-refractivity contribution in [3.8, 4) is 0 Å². The number of amides is 2. The number of carbonyl (C=O) groups excluding carboxylic acids is 2. The van der Waals surface area contributed by atoms with Crippen LogP contribution in [0.4, 0.5) is 0 Å². The van der Waals surface area contributed by atoms with Crippen molar-refractivity contribution in [2.75, 3.05) is 13.6 Å². The lowest BCUT2D eigenvalue weighted by molar-refractivity contribution is -0.132. The minimum atomic E-state index is -0.574. The van der Waals surface area contributed by atoms with Gasteiger partial charge in [0.2, 0.25) is 11.8 Å². The topological polar surface area (TPSA) is 70.2 Å². The summed E-state index contributed by atoms with van der Waals surface area (Å²) in [6.07, 6.45) is 2.16. The van der Waals surface area contributed by atoms with Crippen LogP contribution >= 0.6 is 0 Å². The maximum absolute atomic E-state index is 12.2. The number of likely N-dealkylation sites (N-methyl/N-ethyl adjacent to an activating group) is 1. The van der Waals surface area contributed by atoms with E-state index in [1.54, 1.807) is 0 Å². The maximum atomic E-state index is 12.2. The molecular formula is C15H21N3O2. The molecule has 1 aliphatic heterocycles. The molecule has 0 unspecified atom stereocenters. The Morgan fingerprint density at radius 2 is 2.25 bits per heavy atom. The monoisotopic (exact) mass is 276 g/mol. The van der Waals surface area contributed by atoms with Gasteiger partial charge in [0.05, 0.1) is 12.1 Å². The average molecular weight is 276 g/mol. The largest absolute Gasteiger partial charge is 0.309 e. The van der Waals surface area contributed by atoms with E-state index in [0.29, 0.717) is 6.42 Å². The van der Waals surface area contributed by atoms with Crippen molar-refractivity contribution in [1.29, 1.82) is 0 Å². The summed E-state index contributed by atoms with van der Waals surface area (Å²) < 4.78 is 7.25. The molecule has 108 valence electrons. The van der Waals surface area contributed by atoms with Crippen molar-refractivity contribution in [2.45, 2.75) is 31.3 Å². The second kappa shape index (κ2) is 7.17. The number of hydrogen-bond donors (Lipinski definition) is 3. The molecule has 5 heteroatoms. The first-order valence-electron chi connectivity index (χ1n) is 7.56. The Balaban J connectivity index is 1.93. The van der Waals surface area contributed by atoms with E-state index < -0.39 is 6.04 Å². The smallest absolute Gasteiger partial charge is 0.244 e. The summed E-state index contributed by atoms with van der Waals surface area (Å²) in [4.78, 5) is 24.1. The molecule has 1 heterocycles. The summed E-state index contributed by atoms with van der Waals surface area (Å²) in [6.45, 7) is 0.810. The minimum Gasteiger partial charge on any atom is -0.309 e. The lowest BCUT2D eigenvalue weighted by atomic mass is 10.1. The van der Waals surface area contributed by atoms with Gasteiger partial charge in [-0.25, -0.2) is 0 Å². The van der Waals surface area contributed by atoms with E-state index in [1.165, 1.54) is 0 Å². The van der Waals surface area contributed by atoms with Gasteiger partial charge in [0.1, 0.15) is 0 Å². The fourth-order valence-corrected chi connectivity index (χ4v) is 2.31. The fourth-order valence-electron chi connectivity index (χ4n) is 2.31. The van der Waals surface area contributed by atoms with Gasteiger partial charge in [0.25, 0.3) is 0 Å². The number of rotatable bonds is 5. The van der Waals surface area contributed by atoms with Gasteiger partial charge in [-0.3, -0.25) is 14.9 Å². The predicted molar refractivity (Wildman–Crippen MR) is 77.2 cm³/mol. The Morgan fingerprint density at radius 1 is 1.45 bits per heavy atom. The zero-order valence-electron chi connectivity index (χ0n) is 12.4. The van der Waals surface area contributed by atoms with Crippen molar-refractivity contribution in [1.82, 2.24) is 16.0 Å².